The molecule has 0 fully saturated rings. The van der Waals surface area contributed by atoms with Crippen molar-refractivity contribution in [1.82, 2.24) is 8.96 Å². The zero-order chi connectivity index (χ0) is 16.7. The molecule has 114 valence electrons. The lowest BCUT2D eigenvalue weighted by atomic mass is 10.2. The van der Waals surface area contributed by atoms with Crippen LogP contribution in [0.5, 0.6) is 0 Å². The molecule has 2 rings (SSSR count). The highest BCUT2D eigenvalue weighted by atomic mass is 32.2. The molecule has 1 aromatic carbocycles. The molecule has 1 aromatic heterocycles. The fraction of sp³-hybridized carbons (Fsp3) is 0.231. The Bertz CT molecular complexity index is 922. The monoisotopic (exact) mass is 320 g/mol. The van der Waals surface area contributed by atoms with Crippen molar-refractivity contribution in [3.05, 3.63) is 51.1 Å². The summed E-state index contributed by atoms with van der Waals surface area (Å²) < 4.78 is 26.4. The highest BCUT2D eigenvalue weighted by Crippen LogP contribution is 2.26. The van der Waals surface area contributed by atoms with Crippen LogP contribution in [-0.4, -0.2) is 22.3 Å². The fourth-order valence-electron chi connectivity index (χ4n) is 2.03. The van der Waals surface area contributed by atoms with Crippen LogP contribution >= 0.6 is 0 Å². The second kappa shape index (κ2) is 5.23. The van der Waals surface area contributed by atoms with Crippen molar-refractivity contribution in [3.63, 3.8) is 0 Å². The van der Waals surface area contributed by atoms with Gasteiger partial charge in [0.2, 0.25) is 5.82 Å². The van der Waals surface area contributed by atoms with Crippen molar-refractivity contribution in [3.8, 4) is 6.07 Å². The predicted molar refractivity (Wildman–Crippen MR) is 76.8 cm³/mol. The summed E-state index contributed by atoms with van der Waals surface area (Å²) in [4.78, 5) is 13.9. The molecule has 0 spiro atoms. The smallest absolute Gasteiger partial charge is 0.258 e. The van der Waals surface area contributed by atoms with E-state index >= 15 is 0 Å². The molecular weight excluding hydrogens is 308 g/mol. The molecular formula is C13H12N4O4S. The zero-order valence-electron chi connectivity index (χ0n) is 12.1. The number of benzene rings is 1. The Labute approximate surface area is 126 Å². The molecule has 0 saturated heterocycles. The summed E-state index contributed by atoms with van der Waals surface area (Å²) in [6.45, 7) is 4.64. The van der Waals surface area contributed by atoms with Crippen LogP contribution in [0.1, 0.15) is 22.8 Å². The van der Waals surface area contributed by atoms with E-state index in [2.05, 4.69) is 4.98 Å². The molecule has 0 atom stereocenters. The summed E-state index contributed by atoms with van der Waals surface area (Å²) in [5.41, 5.74) is 0.711. The van der Waals surface area contributed by atoms with E-state index in [0.29, 0.717) is 17.0 Å². The standard InChI is InChI=1S/C13H12N4O4S/c1-8-4-5-11(17(18)19)6-12(8)22(20,21)16-10(3)9(2)15-13(16)7-14/h4-6H,1-3H3. The lowest BCUT2D eigenvalue weighted by molar-refractivity contribution is -0.385. The van der Waals surface area contributed by atoms with Crippen LogP contribution in [0.4, 0.5) is 5.69 Å². The number of nitriles is 1. The maximum Gasteiger partial charge on any atom is 0.270 e. The van der Waals surface area contributed by atoms with Gasteiger partial charge in [0.15, 0.2) is 0 Å². The Morgan fingerprint density at radius 2 is 1.95 bits per heavy atom. The third-order valence-electron chi connectivity index (χ3n) is 3.30. The van der Waals surface area contributed by atoms with Gasteiger partial charge in [-0.05, 0) is 26.3 Å². The van der Waals surface area contributed by atoms with E-state index in [1.807, 2.05) is 0 Å². The van der Waals surface area contributed by atoms with Gasteiger partial charge in [0, 0.05) is 12.1 Å². The van der Waals surface area contributed by atoms with Gasteiger partial charge < -0.3 is 0 Å². The average molecular weight is 320 g/mol. The van der Waals surface area contributed by atoms with Gasteiger partial charge in [0.1, 0.15) is 6.07 Å². The van der Waals surface area contributed by atoms with Crippen LogP contribution in [0.15, 0.2) is 23.1 Å². The first-order chi connectivity index (χ1) is 10.2. The van der Waals surface area contributed by atoms with E-state index in [-0.39, 0.29) is 16.4 Å². The molecule has 1 heterocycles. The number of rotatable bonds is 3. The largest absolute Gasteiger partial charge is 0.270 e. The maximum atomic E-state index is 12.8. The Balaban J connectivity index is 2.80. The minimum Gasteiger partial charge on any atom is -0.258 e. The maximum absolute atomic E-state index is 12.8. The van der Waals surface area contributed by atoms with Gasteiger partial charge in [0.05, 0.1) is 21.2 Å². The zero-order valence-corrected chi connectivity index (χ0v) is 12.9. The molecule has 0 unspecified atom stereocenters. The number of nitro groups is 1. The molecule has 0 aliphatic rings. The third kappa shape index (κ3) is 2.33. The summed E-state index contributed by atoms with van der Waals surface area (Å²) >= 11 is 0. The predicted octanol–water partition coefficient (Wildman–Crippen LogP) is 1.83. The average Bonchev–Trinajstić information content (AvgIpc) is 2.74. The highest BCUT2D eigenvalue weighted by molar-refractivity contribution is 7.90. The molecule has 0 saturated carbocycles. The minimum atomic E-state index is -4.15. The van der Waals surface area contributed by atoms with Gasteiger partial charge in [-0.25, -0.2) is 17.4 Å². The normalized spacial score (nSPS) is 11.2. The molecule has 0 aliphatic carbocycles. The van der Waals surface area contributed by atoms with Crippen molar-refractivity contribution in [2.45, 2.75) is 25.7 Å². The molecule has 9 heteroatoms. The Kier molecular flexibility index (Phi) is 3.72. The van der Waals surface area contributed by atoms with Crippen LogP contribution in [0.3, 0.4) is 0 Å². The Hall–Kier alpha value is -2.73. The van der Waals surface area contributed by atoms with E-state index in [1.165, 1.54) is 26.0 Å². The minimum absolute atomic E-state index is 0.223. The van der Waals surface area contributed by atoms with Crippen molar-refractivity contribution < 1.29 is 13.3 Å². The number of non-ortho nitro benzene ring substituents is 1. The van der Waals surface area contributed by atoms with Gasteiger partial charge in [0.25, 0.3) is 15.7 Å². The van der Waals surface area contributed by atoms with Crippen molar-refractivity contribution in [2.24, 2.45) is 0 Å². The Morgan fingerprint density at radius 1 is 1.32 bits per heavy atom. The number of nitro benzene ring substituents is 1. The lowest BCUT2D eigenvalue weighted by Gasteiger charge is -2.11. The van der Waals surface area contributed by atoms with Gasteiger partial charge >= 0.3 is 0 Å². The van der Waals surface area contributed by atoms with Crippen LogP contribution in [0.2, 0.25) is 0 Å². The van der Waals surface area contributed by atoms with E-state index in [0.717, 1.165) is 10.0 Å². The van der Waals surface area contributed by atoms with E-state index in [1.54, 1.807) is 13.0 Å². The molecule has 2 aromatic rings. The van der Waals surface area contributed by atoms with Gasteiger partial charge in [-0.2, -0.15) is 5.26 Å². The number of hydrogen-bond acceptors (Lipinski definition) is 6. The quantitative estimate of drug-likeness (QED) is 0.628. The summed E-state index contributed by atoms with van der Waals surface area (Å²) in [6, 6.07) is 5.30. The SMILES string of the molecule is Cc1ccc([N+](=O)[O-])cc1S(=O)(=O)n1c(C#N)nc(C)c1C. The van der Waals surface area contributed by atoms with Crippen molar-refractivity contribution in [2.75, 3.05) is 0 Å². The molecule has 8 nitrogen and oxygen atoms in total. The van der Waals surface area contributed by atoms with Gasteiger partial charge in [-0.15, -0.1) is 0 Å². The van der Waals surface area contributed by atoms with Crippen LogP contribution < -0.4 is 0 Å². The summed E-state index contributed by atoms with van der Waals surface area (Å²) in [5.74, 6) is -0.277. The molecule has 0 bridgehead atoms. The molecule has 0 amide bonds. The highest BCUT2D eigenvalue weighted by Gasteiger charge is 2.27. The first kappa shape index (κ1) is 15.7. The Morgan fingerprint density at radius 3 is 2.50 bits per heavy atom. The molecule has 0 radical (unpaired) electrons. The second-order valence-electron chi connectivity index (χ2n) is 4.69. The number of aryl methyl sites for hydroxylation is 2. The van der Waals surface area contributed by atoms with Crippen molar-refractivity contribution in [1.29, 1.82) is 5.26 Å². The van der Waals surface area contributed by atoms with Crippen LogP contribution in [-0.2, 0) is 10.0 Å². The number of aromatic nitrogens is 2. The molecule has 0 aliphatic heterocycles. The van der Waals surface area contributed by atoms with Crippen LogP contribution in [0.25, 0.3) is 0 Å². The number of imidazole rings is 1. The fourth-order valence-corrected chi connectivity index (χ4v) is 3.78. The number of nitrogens with zero attached hydrogens (tertiary/aromatic N) is 4. The van der Waals surface area contributed by atoms with Gasteiger partial charge in [-0.1, -0.05) is 6.07 Å². The molecule has 22 heavy (non-hydrogen) atoms. The summed E-state index contributed by atoms with van der Waals surface area (Å²) in [6.07, 6.45) is 0. The van der Waals surface area contributed by atoms with E-state index in [4.69, 9.17) is 5.26 Å². The van der Waals surface area contributed by atoms with Crippen LogP contribution in [0, 0.1) is 42.2 Å². The first-order valence-corrected chi connectivity index (χ1v) is 7.60. The van der Waals surface area contributed by atoms with E-state index < -0.39 is 14.9 Å². The van der Waals surface area contributed by atoms with E-state index in [9.17, 15) is 18.5 Å². The molecule has 0 N–H and O–H groups in total. The first-order valence-electron chi connectivity index (χ1n) is 6.16. The topological polar surface area (TPSA) is 119 Å². The van der Waals surface area contributed by atoms with Crippen molar-refractivity contribution >= 4 is 15.7 Å². The second-order valence-corrected chi connectivity index (χ2v) is 6.45. The summed E-state index contributed by atoms with van der Waals surface area (Å²) in [5, 5.41) is 19.9. The summed E-state index contributed by atoms with van der Waals surface area (Å²) in [7, 11) is -4.15. The number of hydrogen-bond donors (Lipinski definition) is 0. The lowest BCUT2D eigenvalue weighted by Crippen LogP contribution is -2.17. The third-order valence-corrected chi connectivity index (χ3v) is 5.22. The van der Waals surface area contributed by atoms with Gasteiger partial charge in [-0.3, -0.25) is 10.1 Å².